The maximum Gasteiger partial charge on any atom is 0.179 e. The first-order valence-corrected chi connectivity index (χ1v) is 5.06. The highest BCUT2D eigenvalue weighted by Gasteiger charge is 2.19. The Morgan fingerprint density at radius 3 is 2.27 bits per heavy atom. The first-order chi connectivity index (χ1) is 7.06. The molecule has 0 heterocycles. The van der Waals surface area contributed by atoms with Crippen LogP contribution in [0.4, 0.5) is 0 Å². The van der Waals surface area contributed by atoms with Gasteiger partial charge in [0.05, 0.1) is 6.04 Å². The van der Waals surface area contributed by atoms with Crippen LogP contribution in [0.5, 0.6) is 5.75 Å². The van der Waals surface area contributed by atoms with Crippen LogP contribution in [0.1, 0.15) is 23.7 Å². The van der Waals surface area contributed by atoms with Gasteiger partial charge in [0, 0.05) is 5.56 Å². The zero-order valence-corrected chi connectivity index (χ0v) is 9.40. The summed E-state index contributed by atoms with van der Waals surface area (Å²) in [6, 6.07) is 6.30. The summed E-state index contributed by atoms with van der Waals surface area (Å²) in [5.74, 6) is 0.284. The molecule has 3 heteroatoms. The van der Waals surface area contributed by atoms with E-state index in [1.165, 1.54) is 12.1 Å². The van der Waals surface area contributed by atoms with Crippen molar-refractivity contribution in [1.82, 2.24) is 4.90 Å². The number of carbonyl (C=O) groups is 1. The number of phenolic OH excluding ortho intramolecular Hbond substituents is 1. The number of phenols is 1. The standard InChI is InChI=1S/C12H17NO2/c1-4-11(13(2)3)12(15)9-5-7-10(14)8-6-9/h5-8,11,14H,4H2,1-3H3. The van der Waals surface area contributed by atoms with Gasteiger partial charge in [-0.1, -0.05) is 6.92 Å². The lowest BCUT2D eigenvalue weighted by Gasteiger charge is -2.21. The molecule has 1 aromatic carbocycles. The van der Waals surface area contributed by atoms with E-state index in [1.54, 1.807) is 12.1 Å². The Morgan fingerprint density at radius 1 is 1.33 bits per heavy atom. The molecule has 0 saturated carbocycles. The smallest absolute Gasteiger partial charge is 0.179 e. The number of aromatic hydroxyl groups is 1. The van der Waals surface area contributed by atoms with Crippen molar-refractivity contribution in [3.63, 3.8) is 0 Å². The molecule has 82 valence electrons. The maximum absolute atomic E-state index is 12.0. The molecule has 3 nitrogen and oxygen atoms in total. The van der Waals surface area contributed by atoms with E-state index in [1.807, 2.05) is 25.9 Å². The van der Waals surface area contributed by atoms with Crippen LogP contribution >= 0.6 is 0 Å². The van der Waals surface area contributed by atoms with Gasteiger partial charge in [-0.15, -0.1) is 0 Å². The van der Waals surface area contributed by atoms with E-state index < -0.39 is 0 Å². The third-order valence-corrected chi connectivity index (χ3v) is 2.46. The SMILES string of the molecule is CCC(C(=O)c1ccc(O)cc1)N(C)C. The van der Waals surface area contributed by atoms with Gasteiger partial charge >= 0.3 is 0 Å². The lowest BCUT2D eigenvalue weighted by molar-refractivity contribution is 0.0871. The van der Waals surface area contributed by atoms with Gasteiger partial charge in [-0.3, -0.25) is 9.69 Å². The van der Waals surface area contributed by atoms with Gasteiger partial charge in [0.25, 0.3) is 0 Å². The number of ketones is 1. The summed E-state index contributed by atoms with van der Waals surface area (Å²) in [4.78, 5) is 13.9. The Hall–Kier alpha value is -1.35. The zero-order chi connectivity index (χ0) is 11.4. The monoisotopic (exact) mass is 207 g/mol. The summed E-state index contributed by atoms with van der Waals surface area (Å²) in [5, 5.41) is 9.12. The molecule has 1 N–H and O–H groups in total. The third kappa shape index (κ3) is 2.80. The van der Waals surface area contributed by atoms with Crippen molar-refractivity contribution in [3.05, 3.63) is 29.8 Å². The van der Waals surface area contributed by atoms with Crippen molar-refractivity contribution in [1.29, 1.82) is 0 Å². The van der Waals surface area contributed by atoms with E-state index in [-0.39, 0.29) is 17.6 Å². The third-order valence-electron chi connectivity index (χ3n) is 2.46. The second-order valence-electron chi connectivity index (χ2n) is 3.80. The number of nitrogens with zero attached hydrogens (tertiary/aromatic N) is 1. The van der Waals surface area contributed by atoms with Gasteiger partial charge in [-0.2, -0.15) is 0 Å². The van der Waals surface area contributed by atoms with Gasteiger partial charge < -0.3 is 5.11 Å². The fourth-order valence-electron chi connectivity index (χ4n) is 1.60. The topological polar surface area (TPSA) is 40.5 Å². The molecule has 0 bridgehead atoms. The largest absolute Gasteiger partial charge is 0.508 e. The lowest BCUT2D eigenvalue weighted by atomic mass is 10.0. The number of likely N-dealkylation sites (N-methyl/N-ethyl adjacent to an activating group) is 1. The summed E-state index contributed by atoms with van der Waals surface area (Å²) in [6.45, 7) is 1.99. The van der Waals surface area contributed by atoms with E-state index in [0.29, 0.717) is 5.56 Å². The van der Waals surface area contributed by atoms with Crippen LogP contribution in [0.25, 0.3) is 0 Å². The molecule has 0 saturated heterocycles. The van der Waals surface area contributed by atoms with E-state index in [0.717, 1.165) is 6.42 Å². The molecule has 15 heavy (non-hydrogen) atoms. The van der Waals surface area contributed by atoms with Crippen LogP contribution in [0.3, 0.4) is 0 Å². The van der Waals surface area contributed by atoms with Crippen LogP contribution < -0.4 is 0 Å². The van der Waals surface area contributed by atoms with E-state index in [9.17, 15) is 4.79 Å². The van der Waals surface area contributed by atoms with E-state index in [2.05, 4.69) is 0 Å². The van der Waals surface area contributed by atoms with Crippen molar-refractivity contribution < 1.29 is 9.90 Å². The van der Waals surface area contributed by atoms with Crippen molar-refractivity contribution in [3.8, 4) is 5.75 Å². The molecule has 0 amide bonds. The molecule has 0 aromatic heterocycles. The second kappa shape index (κ2) is 4.94. The predicted molar refractivity (Wildman–Crippen MR) is 60.2 cm³/mol. The highest BCUT2D eigenvalue weighted by Crippen LogP contribution is 2.14. The molecule has 1 rings (SSSR count). The number of benzene rings is 1. The molecule has 0 aliphatic heterocycles. The van der Waals surface area contributed by atoms with E-state index in [4.69, 9.17) is 5.11 Å². The molecule has 1 aromatic rings. The average molecular weight is 207 g/mol. The Balaban J connectivity index is 2.88. The predicted octanol–water partition coefficient (Wildman–Crippen LogP) is 1.92. The minimum absolute atomic E-state index is 0.0884. The molecule has 0 fully saturated rings. The van der Waals surface area contributed by atoms with Crippen molar-refractivity contribution in [2.45, 2.75) is 19.4 Å². The highest BCUT2D eigenvalue weighted by molar-refractivity contribution is 6.00. The van der Waals surface area contributed by atoms with Crippen LogP contribution in [-0.4, -0.2) is 35.9 Å². The molecule has 0 aliphatic rings. The molecule has 0 spiro atoms. The van der Waals surface area contributed by atoms with Gasteiger partial charge in [0.15, 0.2) is 5.78 Å². The fourth-order valence-corrected chi connectivity index (χ4v) is 1.60. The van der Waals surface area contributed by atoms with Crippen LogP contribution in [-0.2, 0) is 0 Å². The summed E-state index contributed by atoms with van der Waals surface area (Å²) >= 11 is 0. The molecular formula is C12H17NO2. The Labute approximate surface area is 90.3 Å². The maximum atomic E-state index is 12.0. The van der Waals surface area contributed by atoms with Crippen LogP contribution in [0.2, 0.25) is 0 Å². The second-order valence-corrected chi connectivity index (χ2v) is 3.80. The Bertz CT molecular complexity index is 330. The molecule has 0 radical (unpaired) electrons. The van der Waals surface area contributed by atoms with Crippen molar-refractivity contribution >= 4 is 5.78 Å². The lowest BCUT2D eigenvalue weighted by Crippen LogP contribution is -2.35. The Morgan fingerprint density at radius 2 is 1.87 bits per heavy atom. The summed E-state index contributed by atoms with van der Waals surface area (Å²) in [7, 11) is 3.79. The number of carbonyl (C=O) groups excluding carboxylic acids is 1. The number of rotatable bonds is 4. The average Bonchev–Trinajstić information content (AvgIpc) is 2.19. The summed E-state index contributed by atoms with van der Waals surface area (Å²) < 4.78 is 0. The van der Waals surface area contributed by atoms with Crippen molar-refractivity contribution in [2.75, 3.05) is 14.1 Å². The van der Waals surface area contributed by atoms with Crippen molar-refractivity contribution in [2.24, 2.45) is 0 Å². The minimum atomic E-state index is -0.0884. The number of hydrogen-bond acceptors (Lipinski definition) is 3. The fraction of sp³-hybridized carbons (Fsp3) is 0.417. The molecule has 1 atom stereocenters. The molecule has 0 aliphatic carbocycles. The van der Waals surface area contributed by atoms with Gasteiger partial charge in [-0.25, -0.2) is 0 Å². The first-order valence-electron chi connectivity index (χ1n) is 5.06. The van der Waals surface area contributed by atoms with Crippen LogP contribution in [0, 0.1) is 0 Å². The number of Topliss-reactive ketones (excluding diaryl/α,β-unsaturated/α-hetero) is 1. The minimum Gasteiger partial charge on any atom is -0.508 e. The quantitative estimate of drug-likeness (QED) is 0.767. The van der Waals surface area contributed by atoms with Gasteiger partial charge in [0.2, 0.25) is 0 Å². The zero-order valence-electron chi connectivity index (χ0n) is 9.40. The molecule has 1 unspecified atom stereocenters. The normalized spacial score (nSPS) is 12.8. The van der Waals surface area contributed by atoms with Gasteiger partial charge in [-0.05, 0) is 44.8 Å². The van der Waals surface area contributed by atoms with Gasteiger partial charge in [0.1, 0.15) is 5.75 Å². The Kier molecular flexibility index (Phi) is 3.86. The molecular weight excluding hydrogens is 190 g/mol. The summed E-state index contributed by atoms with van der Waals surface area (Å²) in [6.07, 6.45) is 0.784. The van der Waals surface area contributed by atoms with Crippen LogP contribution in [0.15, 0.2) is 24.3 Å². The highest BCUT2D eigenvalue weighted by atomic mass is 16.3. The van der Waals surface area contributed by atoms with E-state index >= 15 is 0 Å². The summed E-state index contributed by atoms with van der Waals surface area (Å²) in [5.41, 5.74) is 0.647. The first kappa shape index (κ1) is 11.7. The number of hydrogen-bond donors (Lipinski definition) is 1.